The molecule has 0 unspecified atom stereocenters. The van der Waals surface area contributed by atoms with Crippen LogP contribution in [-0.2, 0) is 0 Å². The van der Waals surface area contributed by atoms with Gasteiger partial charge in [0.1, 0.15) is 0 Å². The third-order valence-corrected chi connectivity index (χ3v) is 3.03. The second kappa shape index (κ2) is 5.31. The van der Waals surface area contributed by atoms with Crippen molar-refractivity contribution >= 4 is 28.5 Å². The smallest absolute Gasteiger partial charge is 0.251 e. The molecule has 0 fully saturated rings. The van der Waals surface area contributed by atoms with Crippen LogP contribution in [0.4, 0.5) is 0 Å². The second-order valence-corrected chi connectivity index (χ2v) is 4.11. The van der Waals surface area contributed by atoms with Crippen LogP contribution in [0.25, 0.3) is 0 Å². The van der Waals surface area contributed by atoms with Gasteiger partial charge in [0.25, 0.3) is 5.91 Å². The summed E-state index contributed by atoms with van der Waals surface area (Å²) in [6, 6.07) is 5.53. The molecular formula is C10H12INO2. The van der Waals surface area contributed by atoms with Crippen molar-refractivity contribution in [1.29, 1.82) is 0 Å². The predicted octanol–water partition coefficient (Wildman–Crippen LogP) is 1.32. The Labute approximate surface area is 96.7 Å². The Morgan fingerprint density at radius 3 is 2.86 bits per heavy atom. The number of aliphatic hydroxyl groups excluding tert-OH is 1. The van der Waals surface area contributed by atoms with Gasteiger partial charge in [-0.3, -0.25) is 4.79 Å². The maximum Gasteiger partial charge on any atom is 0.251 e. The monoisotopic (exact) mass is 305 g/mol. The molecule has 14 heavy (non-hydrogen) atoms. The number of hydrogen-bond acceptors (Lipinski definition) is 2. The molecule has 0 bridgehead atoms. The Morgan fingerprint density at radius 2 is 2.29 bits per heavy atom. The lowest BCUT2D eigenvalue weighted by Crippen LogP contribution is -2.26. The summed E-state index contributed by atoms with van der Waals surface area (Å²) in [4.78, 5) is 11.4. The minimum absolute atomic E-state index is 0.0326. The number of rotatable bonds is 3. The van der Waals surface area contributed by atoms with E-state index in [0.29, 0.717) is 12.1 Å². The largest absolute Gasteiger partial charge is 0.395 e. The molecule has 76 valence electrons. The van der Waals surface area contributed by atoms with Gasteiger partial charge in [0.2, 0.25) is 0 Å². The lowest BCUT2D eigenvalue weighted by atomic mass is 10.1. The lowest BCUT2D eigenvalue weighted by Gasteiger charge is -2.04. The van der Waals surface area contributed by atoms with Gasteiger partial charge in [0, 0.05) is 15.7 Å². The summed E-state index contributed by atoms with van der Waals surface area (Å²) in [7, 11) is 0. The lowest BCUT2D eigenvalue weighted by molar-refractivity contribution is 0.0944. The summed E-state index contributed by atoms with van der Waals surface area (Å²) in [5.41, 5.74) is 1.72. The van der Waals surface area contributed by atoms with Crippen LogP contribution in [0.2, 0.25) is 0 Å². The van der Waals surface area contributed by atoms with E-state index >= 15 is 0 Å². The molecule has 0 radical (unpaired) electrons. The van der Waals surface area contributed by atoms with E-state index in [-0.39, 0.29) is 12.5 Å². The molecule has 0 aromatic heterocycles. The number of carbonyl (C=O) groups excluding carboxylic acids is 1. The number of halogens is 1. The molecule has 0 aliphatic carbocycles. The zero-order valence-corrected chi connectivity index (χ0v) is 10.0. The van der Waals surface area contributed by atoms with Crippen molar-refractivity contribution in [3.63, 3.8) is 0 Å². The molecule has 2 N–H and O–H groups in total. The number of benzene rings is 1. The zero-order valence-electron chi connectivity index (χ0n) is 7.88. The van der Waals surface area contributed by atoms with Crippen molar-refractivity contribution in [3.05, 3.63) is 32.9 Å². The van der Waals surface area contributed by atoms with Gasteiger partial charge in [-0.05, 0) is 53.3 Å². The van der Waals surface area contributed by atoms with Gasteiger partial charge in [-0.1, -0.05) is 0 Å². The Balaban J connectivity index is 2.76. The fourth-order valence-corrected chi connectivity index (χ4v) is 1.39. The molecular weight excluding hydrogens is 293 g/mol. The Hall–Kier alpha value is -0.620. The van der Waals surface area contributed by atoms with Gasteiger partial charge in [0.05, 0.1) is 6.61 Å². The van der Waals surface area contributed by atoms with Gasteiger partial charge in [-0.2, -0.15) is 0 Å². The molecule has 4 heteroatoms. The number of hydrogen-bond donors (Lipinski definition) is 2. The number of amides is 1. The van der Waals surface area contributed by atoms with Crippen molar-refractivity contribution < 1.29 is 9.90 Å². The normalized spacial score (nSPS) is 9.93. The molecule has 0 saturated heterocycles. The fourth-order valence-electron chi connectivity index (χ4n) is 1.06. The van der Waals surface area contributed by atoms with E-state index in [1.165, 1.54) is 0 Å². The average molecular weight is 305 g/mol. The summed E-state index contributed by atoms with van der Waals surface area (Å²) >= 11 is 2.22. The Morgan fingerprint density at radius 1 is 1.57 bits per heavy atom. The first-order chi connectivity index (χ1) is 6.65. The quantitative estimate of drug-likeness (QED) is 0.828. The van der Waals surface area contributed by atoms with Crippen molar-refractivity contribution in [1.82, 2.24) is 5.32 Å². The van der Waals surface area contributed by atoms with Crippen molar-refractivity contribution in [2.24, 2.45) is 0 Å². The number of aliphatic hydroxyl groups is 1. The number of carbonyl (C=O) groups is 1. The van der Waals surface area contributed by atoms with Crippen LogP contribution in [0, 0.1) is 10.5 Å². The third-order valence-electron chi connectivity index (χ3n) is 1.82. The van der Waals surface area contributed by atoms with Crippen molar-refractivity contribution in [2.75, 3.05) is 13.2 Å². The maximum atomic E-state index is 11.4. The molecule has 0 aliphatic heterocycles. The summed E-state index contributed by atoms with van der Waals surface area (Å²) < 4.78 is 1.14. The Kier molecular flexibility index (Phi) is 4.34. The van der Waals surface area contributed by atoms with Gasteiger partial charge in [-0.15, -0.1) is 0 Å². The molecule has 0 spiro atoms. The van der Waals surface area contributed by atoms with Crippen molar-refractivity contribution in [3.8, 4) is 0 Å². The zero-order chi connectivity index (χ0) is 10.6. The summed E-state index contributed by atoms with van der Waals surface area (Å²) in [5.74, 6) is -0.140. The number of aryl methyl sites for hydroxylation is 1. The summed E-state index contributed by atoms with van der Waals surface area (Å²) in [5, 5.41) is 11.1. The van der Waals surface area contributed by atoms with E-state index in [9.17, 15) is 4.79 Å². The minimum atomic E-state index is -0.140. The van der Waals surface area contributed by atoms with Crippen LogP contribution >= 0.6 is 22.6 Å². The highest BCUT2D eigenvalue weighted by molar-refractivity contribution is 14.1. The molecule has 0 atom stereocenters. The second-order valence-electron chi connectivity index (χ2n) is 2.94. The first kappa shape index (κ1) is 11.5. The highest BCUT2D eigenvalue weighted by Crippen LogP contribution is 2.12. The minimum Gasteiger partial charge on any atom is -0.395 e. The molecule has 1 rings (SSSR count). The molecule has 1 amide bonds. The average Bonchev–Trinajstić information content (AvgIpc) is 2.18. The summed E-state index contributed by atoms with van der Waals surface area (Å²) in [6.07, 6.45) is 0. The van der Waals surface area contributed by atoms with E-state index in [4.69, 9.17) is 5.11 Å². The van der Waals surface area contributed by atoms with Crippen LogP contribution in [-0.4, -0.2) is 24.2 Å². The maximum absolute atomic E-state index is 11.4. The first-order valence-corrected chi connectivity index (χ1v) is 5.38. The third kappa shape index (κ3) is 2.95. The van der Waals surface area contributed by atoms with E-state index < -0.39 is 0 Å². The van der Waals surface area contributed by atoms with Crippen LogP contribution < -0.4 is 5.32 Å². The van der Waals surface area contributed by atoms with Gasteiger partial charge < -0.3 is 10.4 Å². The van der Waals surface area contributed by atoms with Crippen LogP contribution in [0.3, 0.4) is 0 Å². The standard InChI is InChI=1S/C10H12INO2/c1-7-6-8(2-3-9(7)11)10(14)12-4-5-13/h2-3,6,13H,4-5H2,1H3,(H,12,14). The van der Waals surface area contributed by atoms with Crippen molar-refractivity contribution in [2.45, 2.75) is 6.92 Å². The molecule has 1 aromatic rings. The van der Waals surface area contributed by atoms with Crippen LogP contribution in [0.5, 0.6) is 0 Å². The predicted molar refractivity (Wildman–Crippen MR) is 63.3 cm³/mol. The molecule has 0 aliphatic rings. The van der Waals surface area contributed by atoms with Gasteiger partial charge >= 0.3 is 0 Å². The molecule has 0 saturated carbocycles. The van der Waals surface area contributed by atoms with Gasteiger partial charge in [0.15, 0.2) is 0 Å². The number of nitrogens with one attached hydrogen (secondary N) is 1. The molecule has 0 heterocycles. The van der Waals surface area contributed by atoms with E-state index in [1.807, 2.05) is 19.1 Å². The fraction of sp³-hybridized carbons (Fsp3) is 0.300. The SMILES string of the molecule is Cc1cc(C(=O)NCCO)ccc1I. The Bertz CT molecular complexity index is 339. The first-order valence-electron chi connectivity index (χ1n) is 4.30. The van der Waals surface area contributed by atoms with Crippen LogP contribution in [0.15, 0.2) is 18.2 Å². The van der Waals surface area contributed by atoms with E-state index in [1.54, 1.807) is 6.07 Å². The highest BCUT2D eigenvalue weighted by Gasteiger charge is 2.05. The van der Waals surface area contributed by atoms with E-state index in [2.05, 4.69) is 27.9 Å². The summed E-state index contributed by atoms with van der Waals surface area (Å²) in [6.45, 7) is 2.23. The van der Waals surface area contributed by atoms with E-state index in [0.717, 1.165) is 9.13 Å². The highest BCUT2D eigenvalue weighted by atomic mass is 127. The van der Waals surface area contributed by atoms with Crippen LogP contribution in [0.1, 0.15) is 15.9 Å². The van der Waals surface area contributed by atoms with Gasteiger partial charge in [-0.25, -0.2) is 0 Å². The topological polar surface area (TPSA) is 49.3 Å². The molecule has 3 nitrogen and oxygen atoms in total. The molecule has 1 aromatic carbocycles.